The number of imidazole rings is 1. The van der Waals surface area contributed by atoms with E-state index in [1.54, 1.807) is 6.20 Å². The second-order valence-electron chi connectivity index (χ2n) is 10.3. The van der Waals surface area contributed by atoms with Crippen molar-refractivity contribution in [3.8, 4) is 5.75 Å². The molecule has 2 aromatic rings. The summed E-state index contributed by atoms with van der Waals surface area (Å²) in [7, 11) is 1.95. The number of unbranched alkanes of at least 4 members (excludes halogenated alkanes) is 1. The van der Waals surface area contributed by atoms with Crippen LogP contribution in [0.25, 0.3) is 0 Å². The van der Waals surface area contributed by atoms with Gasteiger partial charge in [-0.25, -0.2) is 4.98 Å². The Morgan fingerprint density at radius 2 is 2.08 bits per heavy atom. The number of hydrogen-bond acceptors (Lipinski definition) is 6. The molecule has 37 heavy (non-hydrogen) atoms. The van der Waals surface area contributed by atoms with Gasteiger partial charge in [-0.1, -0.05) is 25.5 Å². The number of ether oxygens (including phenoxy) is 1. The van der Waals surface area contributed by atoms with Gasteiger partial charge in [-0.2, -0.15) is 0 Å². The van der Waals surface area contributed by atoms with Crippen LogP contribution in [0.5, 0.6) is 5.75 Å². The molecule has 0 radical (unpaired) electrons. The number of aliphatic carboxylic acids is 1. The molecule has 0 saturated carbocycles. The number of rotatable bonds is 13. The molecule has 1 aromatic heterocycles. The maximum absolute atomic E-state index is 13.5. The van der Waals surface area contributed by atoms with Gasteiger partial charge in [0.05, 0.1) is 19.1 Å². The Labute approximate surface area is 219 Å². The molecule has 1 amide bonds. The SMILES string of the molecule is CCCCN(CCCN)C(=O)CN1CC(c2ccc3c(c2)CCO3)C(C(=O)O)C1CCc1nccn1C. The highest BCUT2D eigenvalue weighted by molar-refractivity contribution is 5.79. The first-order valence-corrected chi connectivity index (χ1v) is 13.6. The summed E-state index contributed by atoms with van der Waals surface area (Å²) in [5, 5.41) is 10.4. The zero-order valence-corrected chi connectivity index (χ0v) is 22.1. The molecule has 2 aliphatic heterocycles. The molecule has 3 heterocycles. The predicted molar refractivity (Wildman–Crippen MR) is 142 cm³/mol. The van der Waals surface area contributed by atoms with Gasteiger partial charge in [-0.15, -0.1) is 0 Å². The van der Waals surface area contributed by atoms with Crippen LogP contribution in [0.2, 0.25) is 0 Å². The van der Waals surface area contributed by atoms with E-state index in [1.807, 2.05) is 34.8 Å². The molecule has 2 aliphatic rings. The summed E-state index contributed by atoms with van der Waals surface area (Å²) in [4.78, 5) is 34.7. The molecule has 202 valence electrons. The van der Waals surface area contributed by atoms with E-state index in [2.05, 4.69) is 22.9 Å². The van der Waals surface area contributed by atoms with E-state index in [9.17, 15) is 14.7 Å². The van der Waals surface area contributed by atoms with Crippen LogP contribution in [0.3, 0.4) is 0 Å². The summed E-state index contributed by atoms with van der Waals surface area (Å²) in [5.74, 6) is 0.236. The van der Waals surface area contributed by atoms with Crippen molar-refractivity contribution in [2.24, 2.45) is 18.7 Å². The molecule has 1 saturated heterocycles. The van der Waals surface area contributed by atoms with Crippen molar-refractivity contribution in [3.63, 3.8) is 0 Å². The molecule has 3 N–H and O–H groups in total. The van der Waals surface area contributed by atoms with Gasteiger partial charge in [0.25, 0.3) is 0 Å². The summed E-state index contributed by atoms with van der Waals surface area (Å²) < 4.78 is 7.64. The minimum Gasteiger partial charge on any atom is -0.493 e. The first-order valence-electron chi connectivity index (χ1n) is 13.6. The number of nitrogens with zero attached hydrogens (tertiary/aromatic N) is 4. The van der Waals surface area contributed by atoms with Crippen molar-refractivity contribution >= 4 is 11.9 Å². The number of aryl methyl sites for hydroxylation is 2. The highest BCUT2D eigenvalue weighted by Crippen LogP contribution is 2.41. The molecule has 0 aliphatic carbocycles. The minimum atomic E-state index is -0.812. The number of likely N-dealkylation sites (tertiary alicyclic amines) is 1. The molecule has 9 heteroatoms. The Morgan fingerprint density at radius 3 is 2.78 bits per heavy atom. The number of nitrogens with two attached hydrogens (primary N) is 1. The molecule has 3 atom stereocenters. The quantitative estimate of drug-likeness (QED) is 0.425. The smallest absolute Gasteiger partial charge is 0.308 e. The maximum Gasteiger partial charge on any atom is 0.308 e. The molecule has 3 unspecified atom stereocenters. The van der Waals surface area contributed by atoms with Crippen molar-refractivity contribution in [2.75, 3.05) is 39.3 Å². The predicted octanol–water partition coefficient (Wildman–Crippen LogP) is 2.43. The summed E-state index contributed by atoms with van der Waals surface area (Å²) in [6.07, 6.45) is 8.49. The van der Waals surface area contributed by atoms with Crippen molar-refractivity contribution in [2.45, 2.75) is 57.4 Å². The Balaban J connectivity index is 1.59. The first kappa shape index (κ1) is 27.1. The summed E-state index contributed by atoms with van der Waals surface area (Å²) in [5.41, 5.74) is 7.88. The van der Waals surface area contributed by atoms with Crippen molar-refractivity contribution < 1.29 is 19.4 Å². The number of aromatic nitrogens is 2. The number of hydrogen-bond donors (Lipinski definition) is 2. The fourth-order valence-corrected chi connectivity index (χ4v) is 5.81. The first-order chi connectivity index (χ1) is 17.9. The van der Waals surface area contributed by atoms with Crippen LogP contribution in [0.15, 0.2) is 30.6 Å². The number of amides is 1. The molecule has 1 fully saturated rings. The third kappa shape index (κ3) is 6.33. The highest BCUT2D eigenvalue weighted by atomic mass is 16.5. The maximum atomic E-state index is 13.5. The molecule has 1 aromatic carbocycles. The zero-order chi connectivity index (χ0) is 26.4. The van der Waals surface area contributed by atoms with Crippen molar-refractivity contribution in [1.82, 2.24) is 19.4 Å². The molecule has 9 nitrogen and oxygen atoms in total. The van der Waals surface area contributed by atoms with E-state index < -0.39 is 11.9 Å². The van der Waals surface area contributed by atoms with Gasteiger partial charge in [0.15, 0.2) is 0 Å². The largest absolute Gasteiger partial charge is 0.493 e. The van der Waals surface area contributed by atoms with Gasteiger partial charge in [0, 0.05) is 63.9 Å². The summed E-state index contributed by atoms with van der Waals surface area (Å²) >= 11 is 0. The number of fused-ring (bicyclic) bond motifs is 1. The Hall–Kier alpha value is -2.91. The van der Waals surface area contributed by atoms with E-state index in [-0.39, 0.29) is 24.4 Å². The number of benzene rings is 1. The van der Waals surface area contributed by atoms with Gasteiger partial charge in [0.2, 0.25) is 5.91 Å². The van der Waals surface area contributed by atoms with Crippen molar-refractivity contribution in [3.05, 3.63) is 47.5 Å². The second kappa shape index (κ2) is 12.6. The third-order valence-corrected chi connectivity index (χ3v) is 7.86. The van der Waals surface area contributed by atoms with E-state index in [0.717, 1.165) is 48.4 Å². The van der Waals surface area contributed by atoms with E-state index in [4.69, 9.17) is 10.5 Å². The van der Waals surface area contributed by atoms with Gasteiger partial charge >= 0.3 is 5.97 Å². The average Bonchev–Trinajstić information content (AvgIpc) is 3.60. The van der Waals surface area contributed by atoms with Crippen LogP contribution >= 0.6 is 0 Å². The lowest BCUT2D eigenvalue weighted by Crippen LogP contribution is -2.45. The number of carbonyl (C=O) groups excluding carboxylic acids is 1. The number of carbonyl (C=O) groups is 2. The van der Waals surface area contributed by atoms with Crippen LogP contribution in [0.1, 0.15) is 55.5 Å². The van der Waals surface area contributed by atoms with Gasteiger partial charge < -0.3 is 25.0 Å². The Bertz CT molecular complexity index is 1060. The fraction of sp³-hybridized carbons (Fsp3) is 0.607. The Kier molecular flexibility index (Phi) is 9.21. The Morgan fingerprint density at radius 1 is 1.27 bits per heavy atom. The lowest BCUT2D eigenvalue weighted by molar-refractivity contribution is -0.143. The monoisotopic (exact) mass is 511 g/mol. The van der Waals surface area contributed by atoms with E-state index >= 15 is 0 Å². The molecular formula is C28H41N5O4. The summed E-state index contributed by atoms with van der Waals surface area (Å²) in [6, 6.07) is 5.81. The highest BCUT2D eigenvalue weighted by Gasteiger charge is 2.47. The fourth-order valence-electron chi connectivity index (χ4n) is 5.81. The minimum absolute atomic E-state index is 0.0519. The van der Waals surface area contributed by atoms with Gasteiger partial charge in [-0.05, 0) is 43.0 Å². The topological polar surface area (TPSA) is 114 Å². The molecule has 4 rings (SSSR count). The lowest BCUT2D eigenvalue weighted by Gasteiger charge is -2.29. The zero-order valence-electron chi connectivity index (χ0n) is 22.1. The number of carboxylic acids is 1. The standard InChI is InChI=1S/C28H41N5O4/c1-3-4-13-32(14-5-11-29)26(34)19-33-18-22(20-6-8-24-21(17-20)10-16-37-24)27(28(35)36)23(33)7-9-25-30-12-15-31(25)2/h6,8,12,15,17,22-23,27H,3-5,7,9-11,13-14,16,18-19,29H2,1-2H3,(H,35,36). The van der Waals surface area contributed by atoms with Crippen LogP contribution in [-0.2, 0) is 29.5 Å². The van der Waals surface area contributed by atoms with Gasteiger partial charge in [0.1, 0.15) is 11.6 Å². The summed E-state index contributed by atoms with van der Waals surface area (Å²) in [6.45, 7) is 5.41. The second-order valence-corrected chi connectivity index (χ2v) is 10.3. The van der Waals surface area contributed by atoms with Crippen molar-refractivity contribution in [1.29, 1.82) is 0 Å². The van der Waals surface area contributed by atoms with Crippen LogP contribution in [0.4, 0.5) is 0 Å². The third-order valence-electron chi connectivity index (χ3n) is 7.86. The van der Waals surface area contributed by atoms with Crippen LogP contribution in [0, 0.1) is 5.92 Å². The van der Waals surface area contributed by atoms with E-state index in [0.29, 0.717) is 45.6 Å². The normalized spacial score (nSPS) is 21.1. The number of carboxylic acid groups (broad SMARTS) is 1. The van der Waals surface area contributed by atoms with E-state index in [1.165, 1.54) is 0 Å². The lowest BCUT2D eigenvalue weighted by atomic mass is 9.83. The van der Waals surface area contributed by atoms with Crippen LogP contribution in [-0.4, -0.2) is 81.7 Å². The average molecular weight is 512 g/mol. The molecule has 0 bridgehead atoms. The molecule has 0 spiro atoms. The molecular weight excluding hydrogens is 470 g/mol. The van der Waals surface area contributed by atoms with Gasteiger partial charge in [-0.3, -0.25) is 14.5 Å². The van der Waals surface area contributed by atoms with Crippen LogP contribution < -0.4 is 10.5 Å².